The highest BCUT2D eigenvalue weighted by Gasteiger charge is 2.34. The number of benzene rings is 2. The molecule has 30 heavy (non-hydrogen) atoms. The van der Waals surface area contributed by atoms with Gasteiger partial charge in [0.15, 0.2) is 0 Å². The summed E-state index contributed by atoms with van der Waals surface area (Å²) in [5, 5.41) is 0. The maximum atomic E-state index is 11.6. The fourth-order valence-electron chi connectivity index (χ4n) is 1.97. The third-order valence-corrected chi connectivity index (χ3v) is 8.15. The fourth-order valence-corrected chi connectivity index (χ4v) is 6.45. The van der Waals surface area contributed by atoms with E-state index >= 15 is 0 Å². The molecule has 166 valence electrons. The second-order valence-electron chi connectivity index (χ2n) is 5.23. The summed E-state index contributed by atoms with van der Waals surface area (Å²) >= 11 is 9.73. The van der Waals surface area contributed by atoms with Crippen LogP contribution in [0, 0.1) is 0 Å². The second kappa shape index (κ2) is 9.43. The van der Waals surface area contributed by atoms with Crippen LogP contribution in [0.15, 0.2) is 48.5 Å². The molecule has 0 radical (unpaired) electrons. The summed E-state index contributed by atoms with van der Waals surface area (Å²) in [5.41, 5.74) is 1.13. The van der Waals surface area contributed by atoms with Crippen LogP contribution in [-0.2, 0) is 26.9 Å². The molecule has 0 saturated heterocycles. The number of hydrogen-bond donors (Lipinski definition) is 4. The Kier molecular flexibility index (Phi) is 8.03. The van der Waals surface area contributed by atoms with Crippen LogP contribution in [0.25, 0.3) is 11.1 Å². The normalized spacial score (nSPS) is 19.5. The maximum Gasteiger partial charge on any atom is 0.535 e. The minimum atomic E-state index is -4.94. The third-order valence-electron chi connectivity index (χ3n) is 2.89. The summed E-state index contributed by atoms with van der Waals surface area (Å²) in [5.74, 6) is -0.329. The first kappa shape index (κ1) is 25.6. The van der Waals surface area contributed by atoms with E-state index in [1.54, 1.807) is 0 Å². The average Bonchev–Trinajstić information content (AvgIpc) is 2.51. The smallest absolute Gasteiger partial charge is 0.404 e. The Morgan fingerprint density at radius 2 is 0.833 bits per heavy atom. The third kappa shape index (κ3) is 9.20. The highest BCUT2D eigenvalue weighted by Crippen LogP contribution is 2.63. The Morgan fingerprint density at radius 3 is 1.07 bits per heavy atom. The van der Waals surface area contributed by atoms with Crippen molar-refractivity contribution in [3.05, 3.63) is 48.5 Å². The highest BCUT2D eigenvalue weighted by molar-refractivity contribution is 7.84. The fraction of sp³-hybridized carbons (Fsp3) is 0. The number of halogens is 2. The lowest BCUT2D eigenvalue weighted by molar-refractivity contribution is 0.273. The summed E-state index contributed by atoms with van der Waals surface area (Å²) in [6.45, 7) is -9.55. The van der Waals surface area contributed by atoms with Gasteiger partial charge in [0.25, 0.3) is 0 Å². The Labute approximate surface area is 178 Å². The van der Waals surface area contributed by atoms with E-state index in [-0.39, 0.29) is 11.5 Å². The van der Waals surface area contributed by atoms with E-state index in [1.165, 1.54) is 48.5 Å². The van der Waals surface area contributed by atoms with Crippen molar-refractivity contribution in [2.24, 2.45) is 0 Å². The zero-order valence-corrected chi connectivity index (χ0v) is 19.3. The van der Waals surface area contributed by atoms with Gasteiger partial charge < -0.3 is 18.8 Å². The maximum absolute atomic E-state index is 11.6. The summed E-state index contributed by atoms with van der Waals surface area (Å²) in [4.78, 5) is 36.3. The Balaban J connectivity index is 2.09. The minimum absolute atomic E-state index is 0.164. The number of phosphoric acid groups is 2. The molecule has 0 aromatic heterocycles. The summed E-state index contributed by atoms with van der Waals surface area (Å²) in [7, 11) is -9.87. The van der Waals surface area contributed by atoms with Crippen molar-refractivity contribution in [3.8, 4) is 22.6 Å². The van der Waals surface area contributed by atoms with E-state index in [2.05, 4.69) is 17.7 Å². The van der Waals surface area contributed by atoms with Crippen LogP contribution in [-0.4, -0.2) is 19.6 Å². The van der Waals surface area contributed by atoms with E-state index in [0.717, 1.165) is 0 Å². The van der Waals surface area contributed by atoms with Gasteiger partial charge in [-0.05, 0) is 35.4 Å². The lowest BCUT2D eigenvalue weighted by Gasteiger charge is -2.14. The number of phosphoric ester groups is 2. The van der Waals surface area contributed by atoms with Crippen molar-refractivity contribution >= 4 is 52.0 Å². The van der Waals surface area contributed by atoms with E-state index in [0.29, 0.717) is 11.1 Å². The van der Waals surface area contributed by atoms with Crippen molar-refractivity contribution in [2.45, 2.75) is 0 Å². The van der Waals surface area contributed by atoms with E-state index in [4.69, 9.17) is 32.3 Å². The van der Waals surface area contributed by atoms with Gasteiger partial charge in [-0.25, -0.2) is 18.3 Å². The molecule has 0 aliphatic carbocycles. The van der Waals surface area contributed by atoms with Gasteiger partial charge in [0.05, 0.1) is 0 Å². The van der Waals surface area contributed by atoms with Gasteiger partial charge in [-0.3, -0.25) is 9.79 Å². The van der Waals surface area contributed by atoms with Crippen molar-refractivity contribution in [3.63, 3.8) is 0 Å². The number of hydrogen-bond acceptors (Lipinski definition) is 8. The molecule has 12 nitrogen and oxygen atoms in total. The molecule has 0 heterocycles. The van der Waals surface area contributed by atoms with Crippen LogP contribution in [0.4, 0.5) is 0 Å². The molecule has 4 N–H and O–H groups in total. The zero-order valence-electron chi connectivity index (χ0n) is 14.2. The van der Waals surface area contributed by atoms with E-state index in [1.807, 2.05) is 0 Å². The Bertz CT molecular complexity index is 990. The van der Waals surface area contributed by atoms with Gasteiger partial charge in [-0.2, -0.15) is 8.62 Å². The van der Waals surface area contributed by atoms with Gasteiger partial charge in [-0.15, -0.1) is 0 Å². The predicted molar refractivity (Wildman–Crippen MR) is 106 cm³/mol. The van der Waals surface area contributed by atoms with Crippen molar-refractivity contribution in [1.82, 2.24) is 0 Å². The Hall–Kier alpha value is -0.700. The molecule has 0 bridgehead atoms. The minimum Gasteiger partial charge on any atom is -0.404 e. The van der Waals surface area contributed by atoms with Crippen LogP contribution in [0.2, 0.25) is 0 Å². The first-order valence-electron chi connectivity index (χ1n) is 7.26. The molecular formula is C12H12Cl2O12P4. The molecule has 0 fully saturated rings. The van der Waals surface area contributed by atoms with Crippen LogP contribution in [0.3, 0.4) is 0 Å². The van der Waals surface area contributed by atoms with Crippen LogP contribution in [0.1, 0.15) is 0 Å². The zero-order chi connectivity index (χ0) is 22.8. The quantitative estimate of drug-likeness (QED) is 0.310. The van der Waals surface area contributed by atoms with Crippen molar-refractivity contribution < 1.29 is 55.5 Å². The van der Waals surface area contributed by atoms with Crippen LogP contribution >= 0.6 is 52.0 Å². The van der Waals surface area contributed by atoms with Gasteiger partial charge >= 0.3 is 29.5 Å². The molecular weight excluding hydrogens is 531 g/mol. The summed E-state index contributed by atoms with van der Waals surface area (Å²) < 4.78 is 61.8. The average molecular weight is 543 g/mol. The molecule has 4 atom stereocenters. The first-order valence-corrected chi connectivity index (χ1v) is 15.2. The molecule has 0 aliphatic heterocycles. The van der Waals surface area contributed by atoms with Gasteiger partial charge in [0, 0.05) is 22.5 Å². The lowest BCUT2D eigenvalue weighted by atomic mass is 10.1. The van der Waals surface area contributed by atoms with Crippen LogP contribution < -0.4 is 9.05 Å². The molecule has 0 aliphatic rings. The second-order valence-corrected chi connectivity index (χ2v) is 13.1. The molecule has 2 aromatic rings. The van der Waals surface area contributed by atoms with Gasteiger partial charge in [0.1, 0.15) is 11.5 Å². The highest BCUT2D eigenvalue weighted by atomic mass is 35.7. The Morgan fingerprint density at radius 1 is 0.567 bits per heavy atom. The number of rotatable bonds is 9. The molecule has 0 amide bonds. The van der Waals surface area contributed by atoms with Crippen LogP contribution in [0.5, 0.6) is 11.5 Å². The standard InChI is InChI=1S/C12H12Cl2O12P4/c13-27(15,16)25-29(19,20)23-11-5-1-9(2-6-11)10-3-7-12(8-4-10)24-30(21,22)26-28(14,17)18/h1-8H,(H,15,16)(H,17,18)(H,19,20)(H,21,22). The van der Waals surface area contributed by atoms with E-state index < -0.39 is 29.5 Å². The molecule has 0 saturated carbocycles. The SMILES string of the molecule is O=P(O)(Cl)OP(=O)(O)Oc1ccc(-c2ccc(OP(=O)(O)OP(=O)(O)Cl)cc2)cc1. The lowest BCUT2D eigenvalue weighted by Crippen LogP contribution is -1.95. The molecule has 4 unspecified atom stereocenters. The van der Waals surface area contributed by atoms with Gasteiger partial charge in [0.2, 0.25) is 0 Å². The molecule has 2 aromatic carbocycles. The summed E-state index contributed by atoms with van der Waals surface area (Å²) in [6.07, 6.45) is 0. The molecule has 18 heteroatoms. The molecule has 2 rings (SSSR count). The van der Waals surface area contributed by atoms with Gasteiger partial charge in [-0.1, -0.05) is 24.3 Å². The molecule has 0 spiro atoms. The monoisotopic (exact) mass is 542 g/mol. The van der Waals surface area contributed by atoms with Crippen molar-refractivity contribution in [2.75, 3.05) is 0 Å². The predicted octanol–water partition coefficient (Wildman–Crippen LogP) is 5.02. The first-order chi connectivity index (χ1) is 13.5. The topological polar surface area (TPSA) is 186 Å². The summed E-state index contributed by atoms with van der Waals surface area (Å²) in [6, 6.07) is 10.9. The van der Waals surface area contributed by atoms with E-state index in [9.17, 15) is 28.0 Å². The largest absolute Gasteiger partial charge is 0.535 e. The van der Waals surface area contributed by atoms with Crippen molar-refractivity contribution in [1.29, 1.82) is 0 Å².